The Bertz CT molecular complexity index is 1090. The van der Waals surface area contributed by atoms with E-state index >= 15 is 0 Å². The molecule has 2 aliphatic rings. The topological polar surface area (TPSA) is 59.1 Å². The molecule has 1 fully saturated rings. The first-order chi connectivity index (χ1) is 15.2. The minimum Gasteiger partial charge on any atom is -0.508 e. The highest BCUT2D eigenvalue weighted by Gasteiger charge is 2.25. The summed E-state index contributed by atoms with van der Waals surface area (Å²) in [6.45, 7) is 3.65. The Morgan fingerprint density at radius 1 is 0.806 bits per heavy atom. The van der Waals surface area contributed by atoms with Crippen LogP contribution in [-0.4, -0.2) is 48.8 Å². The molecule has 5 rings (SSSR count). The molecule has 31 heavy (non-hydrogen) atoms. The number of amides is 2. The number of rotatable bonds is 3. The number of carbonyl (C=O) groups is 1. The average Bonchev–Trinajstić information content (AvgIpc) is 3.24. The number of anilines is 4. The molecule has 2 heterocycles. The number of phenols is 1. The molecule has 3 aromatic carbocycles. The molecule has 0 spiro atoms. The Hall–Kier alpha value is -3.67. The van der Waals surface area contributed by atoms with E-state index in [9.17, 15) is 9.90 Å². The highest BCUT2D eigenvalue weighted by molar-refractivity contribution is 5.94. The lowest BCUT2D eigenvalue weighted by Crippen LogP contribution is -2.50. The Balaban J connectivity index is 1.27. The van der Waals surface area contributed by atoms with Crippen LogP contribution in [0.5, 0.6) is 5.75 Å². The van der Waals surface area contributed by atoms with Crippen molar-refractivity contribution >= 4 is 28.8 Å². The number of para-hydroxylation sites is 3. The van der Waals surface area contributed by atoms with Gasteiger partial charge in [-0.05, 0) is 42.3 Å². The van der Waals surface area contributed by atoms with E-state index in [2.05, 4.69) is 45.4 Å². The number of benzene rings is 3. The Labute approximate surface area is 182 Å². The van der Waals surface area contributed by atoms with Gasteiger partial charge in [0.2, 0.25) is 0 Å². The Morgan fingerprint density at radius 3 is 2.35 bits per heavy atom. The van der Waals surface area contributed by atoms with Crippen LogP contribution >= 0.6 is 0 Å². The second kappa shape index (κ2) is 8.22. The predicted molar refractivity (Wildman–Crippen MR) is 125 cm³/mol. The van der Waals surface area contributed by atoms with Gasteiger partial charge in [-0.25, -0.2) is 4.79 Å². The SMILES string of the molecule is O=C(Nc1ccccc1N1CCc2ccccc21)N1CCN(c2cccc(O)c2)CC1. The minimum absolute atomic E-state index is 0.0736. The average molecular weight is 415 g/mol. The monoisotopic (exact) mass is 414 g/mol. The van der Waals surface area contributed by atoms with Crippen molar-refractivity contribution in [2.24, 2.45) is 0 Å². The lowest BCUT2D eigenvalue weighted by molar-refractivity contribution is 0.208. The van der Waals surface area contributed by atoms with Crippen LogP contribution in [0.3, 0.4) is 0 Å². The van der Waals surface area contributed by atoms with Gasteiger partial charge in [0.1, 0.15) is 5.75 Å². The van der Waals surface area contributed by atoms with Gasteiger partial charge in [-0.15, -0.1) is 0 Å². The zero-order valence-corrected chi connectivity index (χ0v) is 17.4. The molecule has 6 nitrogen and oxygen atoms in total. The van der Waals surface area contributed by atoms with Crippen LogP contribution in [0.2, 0.25) is 0 Å². The minimum atomic E-state index is -0.0736. The van der Waals surface area contributed by atoms with E-state index in [1.54, 1.807) is 12.1 Å². The van der Waals surface area contributed by atoms with Crippen molar-refractivity contribution < 1.29 is 9.90 Å². The van der Waals surface area contributed by atoms with Gasteiger partial charge >= 0.3 is 6.03 Å². The van der Waals surface area contributed by atoms with Gasteiger partial charge in [-0.2, -0.15) is 0 Å². The zero-order chi connectivity index (χ0) is 21.2. The number of hydrogen-bond acceptors (Lipinski definition) is 4. The molecule has 1 saturated heterocycles. The second-order valence-electron chi connectivity index (χ2n) is 7.97. The number of urea groups is 1. The van der Waals surface area contributed by atoms with Gasteiger partial charge in [0, 0.05) is 50.2 Å². The van der Waals surface area contributed by atoms with Crippen LogP contribution in [0.25, 0.3) is 0 Å². The van der Waals surface area contributed by atoms with Gasteiger partial charge in [-0.3, -0.25) is 0 Å². The number of phenolic OH excluding ortho intramolecular Hbond substituents is 1. The quantitative estimate of drug-likeness (QED) is 0.665. The molecular formula is C25H26N4O2. The lowest BCUT2D eigenvalue weighted by atomic mass is 10.2. The predicted octanol–water partition coefficient (Wildman–Crippen LogP) is 4.44. The fraction of sp³-hybridized carbons (Fsp3) is 0.240. The summed E-state index contributed by atoms with van der Waals surface area (Å²) >= 11 is 0. The highest BCUT2D eigenvalue weighted by Crippen LogP contribution is 2.38. The molecule has 0 bridgehead atoms. The number of piperazine rings is 1. The first-order valence-electron chi connectivity index (χ1n) is 10.7. The van der Waals surface area contributed by atoms with Crippen LogP contribution < -0.4 is 15.1 Å². The molecule has 2 amide bonds. The molecule has 0 radical (unpaired) electrons. The van der Waals surface area contributed by atoms with Crippen LogP contribution in [-0.2, 0) is 6.42 Å². The summed E-state index contributed by atoms with van der Waals surface area (Å²) < 4.78 is 0. The van der Waals surface area contributed by atoms with Crippen molar-refractivity contribution in [2.75, 3.05) is 47.8 Å². The van der Waals surface area contributed by atoms with Crippen molar-refractivity contribution in [1.29, 1.82) is 0 Å². The summed E-state index contributed by atoms with van der Waals surface area (Å²) in [5.74, 6) is 0.262. The van der Waals surface area contributed by atoms with Gasteiger partial charge in [-0.1, -0.05) is 36.4 Å². The number of nitrogens with one attached hydrogen (secondary N) is 1. The molecule has 0 atom stereocenters. The number of aromatic hydroxyl groups is 1. The van der Waals surface area contributed by atoms with Crippen molar-refractivity contribution in [3.8, 4) is 5.75 Å². The van der Waals surface area contributed by atoms with Gasteiger partial charge < -0.3 is 25.1 Å². The molecule has 6 heteroatoms. The van der Waals surface area contributed by atoms with Crippen molar-refractivity contribution in [2.45, 2.75) is 6.42 Å². The number of fused-ring (bicyclic) bond motifs is 1. The van der Waals surface area contributed by atoms with E-state index in [1.165, 1.54) is 11.3 Å². The summed E-state index contributed by atoms with van der Waals surface area (Å²) in [5.41, 5.74) is 5.40. The summed E-state index contributed by atoms with van der Waals surface area (Å²) in [5, 5.41) is 12.9. The fourth-order valence-corrected chi connectivity index (χ4v) is 4.45. The first kappa shape index (κ1) is 19.3. The summed E-state index contributed by atoms with van der Waals surface area (Å²) in [4.78, 5) is 19.3. The van der Waals surface area contributed by atoms with E-state index < -0.39 is 0 Å². The van der Waals surface area contributed by atoms with Crippen molar-refractivity contribution in [3.05, 3.63) is 78.4 Å². The molecule has 0 unspecified atom stereocenters. The van der Waals surface area contributed by atoms with Crippen molar-refractivity contribution in [3.63, 3.8) is 0 Å². The van der Waals surface area contributed by atoms with Crippen LogP contribution in [0.1, 0.15) is 5.56 Å². The smallest absolute Gasteiger partial charge is 0.322 e. The van der Waals surface area contributed by atoms with Gasteiger partial charge in [0.05, 0.1) is 11.4 Å². The molecular weight excluding hydrogens is 388 g/mol. The van der Waals surface area contributed by atoms with Crippen LogP contribution in [0.15, 0.2) is 72.8 Å². The lowest BCUT2D eigenvalue weighted by Gasteiger charge is -2.36. The molecule has 2 aliphatic heterocycles. The third kappa shape index (κ3) is 3.89. The third-order valence-electron chi connectivity index (χ3n) is 6.09. The van der Waals surface area contributed by atoms with E-state index in [4.69, 9.17) is 0 Å². The molecule has 158 valence electrons. The molecule has 0 aliphatic carbocycles. The largest absolute Gasteiger partial charge is 0.508 e. The summed E-state index contributed by atoms with van der Waals surface area (Å²) in [6, 6.07) is 23.6. The first-order valence-corrected chi connectivity index (χ1v) is 10.7. The van der Waals surface area contributed by atoms with E-state index in [0.29, 0.717) is 13.1 Å². The van der Waals surface area contributed by atoms with Crippen LogP contribution in [0, 0.1) is 0 Å². The summed E-state index contributed by atoms with van der Waals surface area (Å²) in [7, 11) is 0. The molecule has 0 saturated carbocycles. The molecule has 0 aromatic heterocycles. The second-order valence-corrected chi connectivity index (χ2v) is 7.97. The van der Waals surface area contributed by atoms with E-state index in [1.807, 2.05) is 35.2 Å². The van der Waals surface area contributed by atoms with Gasteiger partial charge in [0.15, 0.2) is 0 Å². The third-order valence-corrected chi connectivity index (χ3v) is 6.09. The Morgan fingerprint density at radius 2 is 1.55 bits per heavy atom. The molecule has 2 N–H and O–H groups in total. The maximum Gasteiger partial charge on any atom is 0.322 e. The van der Waals surface area contributed by atoms with Gasteiger partial charge in [0.25, 0.3) is 0 Å². The standard InChI is InChI=1S/C25H26N4O2/c30-21-8-5-7-20(18-21)27-14-16-28(17-15-27)25(31)26-22-9-2-4-11-24(22)29-13-12-19-6-1-3-10-23(19)29/h1-11,18,30H,12-17H2,(H,26,31). The zero-order valence-electron chi connectivity index (χ0n) is 17.4. The number of nitrogens with zero attached hydrogens (tertiary/aromatic N) is 3. The number of hydrogen-bond donors (Lipinski definition) is 2. The normalized spacial score (nSPS) is 15.7. The van der Waals surface area contributed by atoms with Crippen molar-refractivity contribution in [1.82, 2.24) is 4.90 Å². The molecule has 3 aromatic rings. The number of carbonyl (C=O) groups excluding carboxylic acids is 1. The maximum absolute atomic E-state index is 13.0. The fourth-order valence-electron chi connectivity index (χ4n) is 4.45. The highest BCUT2D eigenvalue weighted by atomic mass is 16.3. The van der Waals surface area contributed by atoms with E-state index in [0.717, 1.165) is 43.1 Å². The van der Waals surface area contributed by atoms with Crippen LogP contribution in [0.4, 0.5) is 27.5 Å². The maximum atomic E-state index is 13.0. The van der Waals surface area contributed by atoms with E-state index in [-0.39, 0.29) is 11.8 Å². The Kier molecular flexibility index (Phi) is 5.12. The summed E-state index contributed by atoms with van der Waals surface area (Å²) in [6.07, 6.45) is 1.01.